The first-order chi connectivity index (χ1) is 14.1. The van der Waals surface area contributed by atoms with Crippen LogP contribution in [0.4, 0.5) is 0 Å². The number of aliphatic hydroxyl groups is 2. The summed E-state index contributed by atoms with van der Waals surface area (Å²) in [5, 5.41) is 42.1. The maximum absolute atomic E-state index is 11.0. The third kappa shape index (κ3) is 11.6. The Hall–Kier alpha value is -1.49. The molecule has 0 aromatic heterocycles. The molecule has 0 spiro atoms. The zero-order chi connectivity index (χ0) is 22.7. The molecule has 9 N–H and O–H groups in total. The lowest BCUT2D eigenvalue weighted by Gasteiger charge is -2.33. The van der Waals surface area contributed by atoms with Gasteiger partial charge >= 0.3 is 5.97 Å². The Morgan fingerprint density at radius 1 is 1.17 bits per heavy atom. The van der Waals surface area contributed by atoms with Gasteiger partial charge in [0.2, 0.25) is 0 Å². The van der Waals surface area contributed by atoms with Gasteiger partial charge in [-0.2, -0.15) is 0 Å². The molecule has 0 saturated heterocycles. The molecule has 0 aromatic rings. The topological polar surface area (TPSA) is 152 Å². The van der Waals surface area contributed by atoms with E-state index in [1.807, 2.05) is 33.8 Å². The van der Waals surface area contributed by atoms with Crippen molar-refractivity contribution < 1.29 is 20.1 Å². The van der Waals surface area contributed by atoms with Crippen molar-refractivity contribution >= 4 is 5.97 Å². The van der Waals surface area contributed by atoms with Gasteiger partial charge in [-0.05, 0) is 63.5 Å². The zero-order valence-electron chi connectivity index (χ0n) is 18.6. The van der Waals surface area contributed by atoms with Gasteiger partial charge in [0.05, 0.1) is 24.7 Å². The highest BCUT2D eigenvalue weighted by Crippen LogP contribution is 2.20. The van der Waals surface area contributed by atoms with Crippen LogP contribution in [0.3, 0.4) is 0 Å². The Morgan fingerprint density at radius 3 is 2.40 bits per heavy atom. The van der Waals surface area contributed by atoms with Crippen LogP contribution in [0.2, 0.25) is 0 Å². The summed E-state index contributed by atoms with van der Waals surface area (Å²) in [5.41, 5.74) is 5.78. The summed E-state index contributed by atoms with van der Waals surface area (Å²) >= 11 is 0. The molecule has 0 aliphatic heterocycles. The fraction of sp³-hybridized carbons (Fsp3) is 0.762. The number of allylic oxidation sites excluding steroid dienone is 3. The van der Waals surface area contributed by atoms with Crippen molar-refractivity contribution in [3.8, 4) is 0 Å². The average molecular weight is 428 g/mol. The summed E-state index contributed by atoms with van der Waals surface area (Å²) in [6, 6.07) is 0. The molecule has 174 valence electrons. The lowest BCUT2D eigenvalue weighted by Crippen LogP contribution is -2.61. The number of hydrogen-bond donors (Lipinski definition) is 8. The minimum atomic E-state index is -0.855. The van der Waals surface area contributed by atoms with E-state index in [1.54, 1.807) is 12.2 Å². The molecule has 1 rings (SSSR count). The third-order valence-corrected chi connectivity index (χ3v) is 5.01. The van der Waals surface area contributed by atoms with Crippen LogP contribution < -0.4 is 27.0 Å². The average Bonchev–Trinajstić information content (AvgIpc) is 2.64. The standard InChI is InChI=1S/C21H41N5O4/c1-13(2)21(26-19(28)11-7-16-5-8-17(27)9-6-16)25-18(10-12-20(29)30)24-15(4)23-14(3)22/h5,8-9,13-16,18-19,21,23-28H,6-7,10-12,22H2,1-4H3,(H,29,30). The smallest absolute Gasteiger partial charge is 0.303 e. The highest BCUT2D eigenvalue weighted by molar-refractivity contribution is 5.66. The van der Waals surface area contributed by atoms with E-state index in [2.05, 4.69) is 21.3 Å². The van der Waals surface area contributed by atoms with Gasteiger partial charge in [0, 0.05) is 6.42 Å². The number of carbonyl (C=O) groups is 1. The van der Waals surface area contributed by atoms with Gasteiger partial charge in [0.1, 0.15) is 12.0 Å². The second-order valence-corrected chi connectivity index (χ2v) is 8.46. The summed E-state index contributed by atoms with van der Waals surface area (Å²) in [6.45, 7) is 7.83. The first kappa shape index (κ1) is 26.5. The van der Waals surface area contributed by atoms with Crippen LogP contribution in [-0.4, -0.2) is 52.2 Å². The number of carboxylic acid groups (broad SMARTS) is 1. The number of aliphatic carboxylic acids is 1. The number of nitrogens with two attached hydrogens (primary N) is 1. The normalized spacial score (nSPS) is 21.7. The van der Waals surface area contributed by atoms with Crippen LogP contribution in [0, 0.1) is 11.8 Å². The summed E-state index contributed by atoms with van der Waals surface area (Å²) in [5.74, 6) is -0.0920. The van der Waals surface area contributed by atoms with E-state index in [1.165, 1.54) is 0 Å². The van der Waals surface area contributed by atoms with Gasteiger partial charge in [-0.1, -0.05) is 19.9 Å². The lowest BCUT2D eigenvalue weighted by molar-refractivity contribution is -0.137. The summed E-state index contributed by atoms with van der Waals surface area (Å²) in [6.07, 6.45) is 6.53. The first-order valence-electron chi connectivity index (χ1n) is 10.8. The fourth-order valence-electron chi connectivity index (χ4n) is 3.41. The number of nitrogens with one attached hydrogen (secondary N) is 4. The predicted octanol–water partition coefficient (Wildman–Crippen LogP) is 1.29. The van der Waals surface area contributed by atoms with Crippen molar-refractivity contribution in [1.82, 2.24) is 21.3 Å². The maximum atomic E-state index is 11.0. The van der Waals surface area contributed by atoms with E-state index in [4.69, 9.17) is 10.8 Å². The first-order valence-corrected chi connectivity index (χ1v) is 10.8. The molecule has 0 heterocycles. The van der Waals surface area contributed by atoms with Crippen LogP contribution in [0.15, 0.2) is 24.0 Å². The van der Waals surface area contributed by atoms with Crippen LogP contribution >= 0.6 is 0 Å². The Bertz CT molecular complexity index is 568. The third-order valence-electron chi connectivity index (χ3n) is 5.01. The fourth-order valence-corrected chi connectivity index (χ4v) is 3.41. The molecular weight excluding hydrogens is 386 g/mol. The molecule has 0 fully saturated rings. The van der Waals surface area contributed by atoms with Crippen molar-refractivity contribution in [2.45, 2.75) is 90.7 Å². The van der Waals surface area contributed by atoms with Crippen molar-refractivity contribution in [2.75, 3.05) is 0 Å². The molecule has 6 atom stereocenters. The maximum Gasteiger partial charge on any atom is 0.303 e. The van der Waals surface area contributed by atoms with E-state index in [-0.39, 0.29) is 37.0 Å². The molecule has 9 heteroatoms. The summed E-state index contributed by atoms with van der Waals surface area (Å²) in [4.78, 5) is 11.0. The minimum absolute atomic E-state index is 0.0251. The molecular formula is C21H41N5O4. The van der Waals surface area contributed by atoms with E-state index in [0.717, 1.165) is 12.8 Å². The monoisotopic (exact) mass is 427 g/mol. The zero-order valence-corrected chi connectivity index (χ0v) is 18.6. The van der Waals surface area contributed by atoms with E-state index < -0.39 is 12.2 Å². The molecule has 0 radical (unpaired) electrons. The van der Waals surface area contributed by atoms with E-state index >= 15 is 0 Å². The Labute approximate surface area is 180 Å². The van der Waals surface area contributed by atoms with Gasteiger partial charge in [0.15, 0.2) is 0 Å². The number of carboxylic acids is 1. The molecule has 30 heavy (non-hydrogen) atoms. The lowest BCUT2D eigenvalue weighted by atomic mass is 9.94. The predicted molar refractivity (Wildman–Crippen MR) is 118 cm³/mol. The SMILES string of the molecule is CC(N)NC(C)NC(CCC(=O)O)NC(NC(O)CCC1C=CC(O)=CC1)C(C)C. The molecule has 0 saturated carbocycles. The van der Waals surface area contributed by atoms with Crippen molar-refractivity contribution in [1.29, 1.82) is 0 Å². The van der Waals surface area contributed by atoms with Crippen LogP contribution in [0.25, 0.3) is 0 Å². The second kappa shape index (κ2) is 13.7. The molecule has 0 amide bonds. The van der Waals surface area contributed by atoms with Crippen molar-refractivity contribution in [3.05, 3.63) is 24.0 Å². The van der Waals surface area contributed by atoms with Gasteiger partial charge in [-0.15, -0.1) is 0 Å². The van der Waals surface area contributed by atoms with Crippen LogP contribution in [0.1, 0.15) is 59.8 Å². The van der Waals surface area contributed by atoms with Crippen molar-refractivity contribution in [3.63, 3.8) is 0 Å². The van der Waals surface area contributed by atoms with Gasteiger partial charge in [-0.25, -0.2) is 0 Å². The van der Waals surface area contributed by atoms with Crippen LogP contribution in [0.5, 0.6) is 0 Å². The molecule has 1 aliphatic rings. The molecule has 1 aliphatic carbocycles. The number of rotatable bonds is 15. The second-order valence-electron chi connectivity index (χ2n) is 8.46. The van der Waals surface area contributed by atoms with Gasteiger partial charge in [0.25, 0.3) is 0 Å². The van der Waals surface area contributed by atoms with Gasteiger partial charge in [-0.3, -0.25) is 26.1 Å². The Kier molecular flexibility index (Phi) is 12.2. The molecule has 9 nitrogen and oxygen atoms in total. The highest BCUT2D eigenvalue weighted by atomic mass is 16.4. The highest BCUT2D eigenvalue weighted by Gasteiger charge is 2.23. The molecule has 0 aromatic carbocycles. The van der Waals surface area contributed by atoms with E-state index in [9.17, 15) is 15.0 Å². The quantitative estimate of drug-likeness (QED) is 0.181. The number of hydrogen-bond acceptors (Lipinski definition) is 8. The summed E-state index contributed by atoms with van der Waals surface area (Å²) < 4.78 is 0. The van der Waals surface area contributed by atoms with Crippen LogP contribution in [-0.2, 0) is 4.79 Å². The largest absolute Gasteiger partial charge is 0.508 e. The minimum Gasteiger partial charge on any atom is -0.508 e. The Balaban J connectivity index is 2.60. The summed E-state index contributed by atoms with van der Waals surface area (Å²) in [7, 11) is 0. The molecule has 6 unspecified atom stereocenters. The van der Waals surface area contributed by atoms with Gasteiger partial charge < -0.3 is 21.1 Å². The van der Waals surface area contributed by atoms with E-state index in [0.29, 0.717) is 24.5 Å². The molecule has 0 bridgehead atoms. The Morgan fingerprint density at radius 2 is 1.87 bits per heavy atom. The van der Waals surface area contributed by atoms with Crippen molar-refractivity contribution in [2.24, 2.45) is 17.6 Å². The number of aliphatic hydroxyl groups excluding tert-OH is 2.